The lowest BCUT2D eigenvalue weighted by atomic mass is 10.2. The first-order chi connectivity index (χ1) is 8.15. The van der Waals surface area contributed by atoms with Crippen LogP contribution in [0.2, 0.25) is 0 Å². The standard InChI is InChI=1S/C10H11N5OS/c1-5(2)8-12-13-10-15(8)14-9(17-10)7-4-16-6(3)11-7/h4-5H,1-3H3. The zero-order chi connectivity index (χ0) is 12.0. The van der Waals surface area contributed by atoms with E-state index < -0.39 is 0 Å². The van der Waals surface area contributed by atoms with Crippen LogP contribution in [0.1, 0.15) is 31.5 Å². The molecule has 3 aromatic heterocycles. The molecule has 0 aliphatic heterocycles. The van der Waals surface area contributed by atoms with Crippen LogP contribution in [0.25, 0.3) is 15.7 Å². The molecule has 0 aliphatic carbocycles. The van der Waals surface area contributed by atoms with Gasteiger partial charge in [0, 0.05) is 12.8 Å². The van der Waals surface area contributed by atoms with E-state index in [4.69, 9.17) is 4.42 Å². The number of aromatic nitrogens is 5. The van der Waals surface area contributed by atoms with E-state index in [2.05, 4.69) is 34.1 Å². The molecule has 0 saturated carbocycles. The van der Waals surface area contributed by atoms with E-state index in [1.807, 2.05) is 6.92 Å². The summed E-state index contributed by atoms with van der Waals surface area (Å²) in [7, 11) is 0. The second-order valence-electron chi connectivity index (χ2n) is 4.07. The number of fused-ring (bicyclic) bond motifs is 1. The van der Waals surface area contributed by atoms with E-state index >= 15 is 0 Å². The fourth-order valence-electron chi connectivity index (χ4n) is 1.56. The quantitative estimate of drug-likeness (QED) is 0.696. The Bertz CT molecular complexity index is 665. The summed E-state index contributed by atoms with van der Waals surface area (Å²) in [6.45, 7) is 5.94. The minimum atomic E-state index is 0.291. The van der Waals surface area contributed by atoms with Crippen LogP contribution in [-0.2, 0) is 0 Å². The van der Waals surface area contributed by atoms with Crippen molar-refractivity contribution in [2.75, 3.05) is 0 Å². The lowest BCUT2D eigenvalue weighted by Crippen LogP contribution is -1.97. The fourth-order valence-corrected chi connectivity index (χ4v) is 2.35. The molecule has 0 radical (unpaired) electrons. The zero-order valence-corrected chi connectivity index (χ0v) is 10.5. The van der Waals surface area contributed by atoms with Crippen molar-refractivity contribution in [3.63, 3.8) is 0 Å². The molecular weight excluding hydrogens is 238 g/mol. The van der Waals surface area contributed by atoms with Crippen LogP contribution in [0.4, 0.5) is 0 Å². The van der Waals surface area contributed by atoms with Gasteiger partial charge in [-0.05, 0) is 0 Å². The number of hydrogen-bond donors (Lipinski definition) is 0. The number of hydrogen-bond acceptors (Lipinski definition) is 6. The summed E-state index contributed by atoms with van der Waals surface area (Å²) in [6.07, 6.45) is 1.61. The molecule has 0 fully saturated rings. The smallest absolute Gasteiger partial charge is 0.235 e. The maximum absolute atomic E-state index is 5.18. The molecule has 0 aliphatic rings. The predicted octanol–water partition coefficient (Wildman–Crippen LogP) is 2.27. The van der Waals surface area contributed by atoms with Crippen molar-refractivity contribution < 1.29 is 4.42 Å². The highest BCUT2D eigenvalue weighted by Crippen LogP contribution is 2.26. The number of rotatable bonds is 2. The van der Waals surface area contributed by atoms with Gasteiger partial charge in [-0.1, -0.05) is 25.2 Å². The molecule has 17 heavy (non-hydrogen) atoms. The van der Waals surface area contributed by atoms with Crippen molar-refractivity contribution in [2.45, 2.75) is 26.7 Å². The SMILES string of the molecule is Cc1nc(-c2nn3c(C(C)C)nnc3s2)co1. The molecule has 0 unspecified atom stereocenters. The highest BCUT2D eigenvalue weighted by molar-refractivity contribution is 7.19. The topological polar surface area (TPSA) is 69.1 Å². The largest absolute Gasteiger partial charge is 0.449 e. The first-order valence-electron chi connectivity index (χ1n) is 5.30. The van der Waals surface area contributed by atoms with Crippen LogP contribution >= 0.6 is 11.3 Å². The molecule has 0 N–H and O–H groups in total. The van der Waals surface area contributed by atoms with Gasteiger partial charge >= 0.3 is 0 Å². The molecule has 0 aromatic carbocycles. The van der Waals surface area contributed by atoms with Crippen molar-refractivity contribution >= 4 is 16.3 Å². The Hall–Kier alpha value is -1.76. The van der Waals surface area contributed by atoms with Crippen LogP contribution in [0.3, 0.4) is 0 Å². The normalized spacial score (nSPS) is 11.8. The van der Waals surface area contributed by atoms with E-state index in [-0.39, 0.29) is 0 Å². The second-order valence-corrected chi connectivity index (χ2v) is 5.02. The molecular formula is C10H11N5OS. The van der Waals surface area contributed by atoms with Gasteiger partial charge in [0.25, 0.3) is 0 Å². The van der Waals surface area contributed by atoms with Gasteiger partial charge in [0.2, 0.25) is 4.96 Å². The third-order valence-corrected chi connectivity index (χ3v) is 3.29. The lowest BCUT2D eigenvalue weighted by molar-refractivity contribution is 0.521. The summed E-state index contributed by atoms with van der Waals surface area (Å²) >= 11 is 1.46. The van der Waals surface area contributed by atoms with Crippen molar-refractivity contribution in [1.82, 2.24) is 24.8 Å². The average Bonchev–Trinajstić information content (AvgIpc) is 2.89. The van der Waals surface area contributed by atoms with Gasteiger partial charge in [0.15, 0.2) is 16.7 Å². The van der Waals surface area contributed by atoms with Crippen molar-refractivity contribution in [3.05, 3.63) is 18.0 Å². The highest BCUT2D eigenvalue weighted by atomic mass is 32.1. The van der Waals surface area contributed by atoms with Crippen LogP contribution in [0, 0.1) is 6.92 Å². The van der Waals surface area contributed by atoms with Gasteiger partial charge in [-0.15, -0.1) is 10.2 Å². The van der Waals surface area contributed by atoms with Crippen LogP contribution < -0.4 is 0 Å². The Balaban J connectivity index is 2.14. The molecule has 3 heterocycles. The maximum Gasteiger partial charge on any atom is 0.235 e. The summed E-state index contributed by atoms with van der Waals surface area (Å²) in [5.74, 6) is 1.79. The van der Waals surface area contributed by atoms with Gasteiger partial charge in [0.1, 0.15) is 12.0 Å². The molecule has 0 amide bonds. The van der Waals surface area contributed by atoms with Crippen molar-refractivity contribution in [2.24, 2.45) is 0 Å². The van der Waals surface area contributed by atoms with Crippen LogP contribution in [0.5, 0.6) is 0 Å². The van der Waals surface area contributed by atoms with E-state index in [1.54, 1.807) is 10.8 Å². The van der Waals surface area contributed by atoms with E-state index in [9.17, 15) is 0 Å². The first kappa shape index (κ1) is 10.4. The summed E-state index contributed by atoms with van der Waals surface area (Å²) in [5.41, 5.74) is 0.743. The van der Waals surface area contributed by atoms with Gasteiger partial charge in [0.05, 0.1) is 0 Å². The van der Waals surface area contributed by atoms with E-state index in [0.29, 0.717) is 11.8 Å². The predicted molar refractivity (Wildman–Crippen MR) is 63.0 cm³/mol. The summed E-state index contributed by atoms with van der Waals surface area (Å²) in [5, 5.41) is 13.5. The molecule has 0 atom stereocenters. The monoisotopic (exact) mass is 249 g/mol. The molecule has 0 bridgehead atoms. The lowest BCUT2D eigenvalue weighted by Gasteiger charge is -1.97. The number of oxazole rings is 1. The van der Waals surface area contributed by atoms with E-state index in [0.717, 1.165) is 21.5 Å². The summed E-state index contributed by atoms with van der Waals surface area (Å²) in [4.78, 5) is 5.03. The summed E-state index contributed by atoms with van der Waals surface area (Å²) < 4.78 is 6.95. The minimum Gasteiger partial charge on any atom is -0.449 e. The summed E-state index contributed by atoms with van der Waals surface area (Å²) in [6, 6.07) is 0. The Morgan fingerprint density at radius 3 is 2.82 bits per heavy atom. The third-order valence-electron chi connectivity index (χ3n) is 2.37. The van der Waals surface area contributed by atoms with Crippen molar-refractivity contribution in [1.29, 1.82) is 0 Å². The Labute approximate surface area is 101 Å². The molecule has 7 heteroatoms. The molecule has 0 saturated heterocycles. The third kappa shape index (κ3) is 1.62. The van der Waals surface area contributed by atoms with E-state index in [1.165, 1.54) is 11.3 Å². The Morgan fingerprint density at radius 1 is 1.35 bits per heavy atom. The van der Waals surface area contributed by atoms with Gasteiger partial charge in [-0.3, -0.25) is 0 Å². The fraction of sp³-hybridized carbons (Fsp3) is 0.400. The molecule has 3 aromatic rings. The van der Waals surface area contributed by atoms with Crippen LogP contribution in [-0.4, -0.2) is 24.8 Å². The van der Waals surface area contributed by atoms with Crippen molar-refractivity contribution in [3.8, 4) is 10.7 Å². The van der Waals surface area contributed by atoms with Gasteiger partial charge < -0.3 is 4.42 Å². The molecule has 0 spiro atoms. The zero-order valence-electron chi connectivity index (χ0n) is 9.71. The number of nitrogens with zero attached hydrogens (tertiary/aromatic N) is 5. The van der Waals surface area contributed by atoms with Gasteiger partial charge in [-0.25, -0.2) is 4.98 Å². The Kier molecular flexibility index (Phi) is 2.22. The molecule has 88 valence electrons. The van der Waals surface area contributed by atoms with Gasteiger partial charge in [-0.2, -0.15) is 9.61 Å². The molecule has 3 rings (SSSR count). The number of aryl methyl sites for hydroxylation is 1. The highest BCUT2D eigenvalue weighted by Gasteiger charge is 2.16. The average molecular weight is 249 g/mol. The molecule has 6 nitrogen and oxygen atoms in total. The first-order valence-corrected chi connectivity index (χ1v) is 6.11. The second kappa shape index (κ2) is 3.63. The Morgan fingerprint density at radius 2 is 2.18 bits per heavy atom. The minimum absolute atomic E-state index is 0.291. The van der Waals surface area contributed by atoms with Crippen LogP contribution in [0.15, 0.2) is 10.7 Å². The maximum atomic E-state index is 5.18.